The molecular formula is C16H13FN2. The van der Waals surface area contributed by atoms with Crippen molar-refractivity contribution in [2.45, 2.75) is 0 Å². The van der Waals surface area contributed by atoms with Crippen LogP contribution in [0.2, 0.25) is 0 Å². The fraction of sp³-hybridized carbons (Fsp3) is 0.0625. The third-order valence-electron chi connectivity index (χ3n) is 2.62. The molecule has 2 rings (SSSR count). The summed E-state index contributed by atoms with van der Waals surface area (Å²) in [5.41, 5.74) is 2.07. The van der Waals surface area contributed by atoms with Crippen molar-refractivity contribution in [2.24, 2.45) is 0 Å². The van der Waals surface area contributed by atoms with Gasteiger partial charge in [0.05, 0.1) is 11.3 Å². The highest BCUT2D eigenvalue weighted by Gasteiger charge is 2.01. The van der Waals surface area contributed by atoms with Crippen LogP contribution in [0, 0.1) is 17.1 Å². The zero-order chi connectivity index (χ0) is 13.5. The zero-order valence-electron chi connectivity index (χ0n) is 10.3. The van der Waals surface area contributed by atoms with E-state index in [0.717, 1.165) is 5.56 Å². The lowest BCUT2D eigenvalue weighted by Crippen LogP contribution is -2.00. The Morgan fingerprint density at radius 2 is 1.95 bits per heavy atom. The molecule has 2 aromatic carbocycles. The molecule has 0 aliphatic rings. The quantitative estimate of drug-likeness (QED) is 0.897. The fourth-order valence-corrected chi connectivity index (χ4v) is 1.69. The summed E-state index contributed by atoms with van der Waals surface area (Å²) < 4.78 is 13.0. The summed E-state index contributed by atoms with van der Waals surface area (Å²) in [6.45, 7) is 0.579. The molecule has 1 N–H and O–H groups in total. The molecule has 0 atom stereocenters. The van der Waals surface area contributed by atoms with E-state index in [-0.39, 0.29) is 0 Å². The van der Waals surface area contributed by atoms with E-state index >= 15 is 0 Å². The summed E-state index contributed by atoms with van der Waals surface area (Å²) in [5, 5.41) is 12.0. The standard InChI is InChI=1S/C16H13FN2/c17-15-8-9-16(14(11-15)12-18)19-10-4-7-13-5-2-1-3-6-13/h1-9,11,19H,10H2/b7-4+. The van der Waals surface area contributed by atoms with Gasteiger partial charge in [0, 0.05) is 6.54 Å². The Morgan fingerprint density at radius 1 is 1.16 bits per heavy atom. The SMILES string of the molecule is N#Cc1cc(F)ccc1NC/C=C/c1ccccc1. The van der Waals surface area contributed by atoms with Crippen molar-refractivity contribution in [3.8, 4) is 6.07 Å². The molecule has 0 fully saturated rings. The van der Waals surface area contributed by atoms with Gasteiger partial charge in [0.2, 0.25) is 0 Å². The van der Waals surface area contributed by atoms with Crippen molar-refractivity contribution in [1.82, 2.24) is 0 Å². The number of halogens is 1. The molecule has 0 unspecified atom stereocenters. The molecule has 0 radical (unpaired) electrons. The molecule has 0 amide bonds. The van der Waals surface area contributed by atoms with Gasteiger partial charge in [-0.1, -0.05) is 42.5 Å². The van der Waals surface area contributed by atoms with Gasteiger partial charge in [-0.15, -0.1) is 0 Å². The molecule has 3 heteroatoms. The Labute approximate surface area is 111 Å². The predicted molar refractivity (Wildman–Crippen MR) is 75.1 cm³/mol. The number of hydrogen-bond acceptors (Lipinski definition) is 2. The van der Waals surface area contributed by atoms with Crippen molar-refractivity contribution in [3.05, 3.63) is 71.6 Å². The molecule has 0 saturated carbocycles. The molecule has 0 heterocycles. The van der Waals surface area contributed by atoms with Crippen molar-refractivity contribution in [3.63, 3.8) is 0 Å². The van der Waals surface area contributed by atoms with Gasteiger partial charge in [0.1, 0.15) is 11.9 Å². The number of nitriles is 1. The second-order valence-electron chi connectivity index (χ2n) is 4.00. The van der Waals surface area contributed by atoms with Gasteiger partial charge in [-0.25, -0.2) is 4.39 Å². The first kappa shape index (κ1) is 12.8. The number of benzene rings is 2. The van der Waals surface area contributed by atoms with Crippen molar-refractivity contribution in [2.75, 3.05) is 11.9 Å². The van der Waals surface area contributed by atoms with Gasteiger partial charge >= 0.3 is 0 Å². The molecule has 0 aromatic heterocycles. The van der Waals surface area contributed by atoms with E-state index in [1.54, 1.807) is 6.07 Å². The summed E-state index contributed by atoms with van der Waals surface area (Å²) in [6.07, 6.45) is 3.95. The first-order valence-electron chi connectivity index (χ1n) is 5.95. The Kier molecular flexibility index (Phi) is 4.30. The summed E-state index contributed by atoms with van der Waals surface area (Å²) in [4.78, 5) is 0. The van der Waals surface area contributed by atoms with Gasteiger partial charge in [0.25, 0.3) is 0 Å². The summed E-state index contributed by atoms with van der Waals surface area (Å²) in [7, 11) is 0. The molecule has 0 aliphatic heterocycles. The maximum absolute atomic E-state index is 13.0. The Bertz CT molecular complexity index is 612. The Morgan fingerprint density at radius 3 is 2.68 bits per heavy atom. The highest BCUT2D eigenvalue weighted by Crippen LogP contribution is 2.15. The van der Waals surface area contributed by atoms with Crippen LogP contribution in [0.3, 0.4) is 0 Å². The largest absolute Gasteiger partial charge is 0.380 e. The minimum Gasteiger partial charge on any atom is -0.380 e. The zero-order valence-corrected chi connectivity index (χ0v) is 10.3. The highest BCUT2D eigenvalue weighted by molar-refractivity contribution is 5.58. The minimum atomic E-state index is -0.401. The lowest BCUT2D eigenvalue weighted by molar-refractivity contribution is 0.627. The topological polar surface area (TPSA) is 35.8 Å². The van der Waals surface area contributed by atoms with Crippen molar-refractivity contribution in [1.29, 1.82) is 5.26 Å². The predicted octanol–water partition coefficient (Wildman–Crippen LogP) is 3.82. The molecule has 2 aromatic rings. The van der Waals surface area contributed by atoms with E-state index < -0.39 is 5.82 Å². The Hall–Kier alpha value is -2.60. The first-order valence-corrected chi connectivity index (χ1v) is 5.95. The second-order valence-corrected chi connectivity index (χ2v) is 4.00. The van der Waals surface area contributed by atoms with Gasteiger partial charge in [0.15, 0.2) is 0 Å². The molecule has 2 nitrogen and oxygen atoms in total. The van der Waals surface area contributed by atoms with Crippen LogP contribution in [-0.4, -0.2) is 6.54 Å². The monoisotopic (exact) mass is 252 g/mol. The third kappa shape index (κ3) is 3.68. The lowest BCUT2D eigenvalue weighted by Gasteiger charge is -2.05. The molecule has 0 saturated heterocycles. The van der Waals surface area contributed by atoms with Crippen LogP contribution < -0.4 is 5.32 Å². The fourth-order valence-electron chi connectivity index (χ4n) is 1.69. The van der Waals surface area contributed by atoms with Crippen molar-refractivity contribution < 1.29 is 4.39 Å². The van der Waals surface area contributed by atoms with E-state index in [9.17, 15) is 4.39 Å². The van der Waals surface area contributed by atoms with E-state index in [4.69, 9.17) is 5.26 Å². The third-order valence-corrected chi connectivity index (χ3v) is 2.62. The van der Waals surface area contributed by atoms with Crippen LogP contribution in [0.25, 0.3) is 6.08 Å². The minimum absolute atomic E-state index is 0.313. The Balaban J connectivity index is 1.97. The molecule has 0 aliphatic carbocycles. The van der Waals surface area contributed by atoms with E-state index in [2.05, 4.69) is 5.32 Å². The summed E-state index contributed by atoms with van der Waals surface area (Å²) in [6, 6.07) is 16.0. The maximum Gasteiger partial charge on any atom is 0.124 e. The first-order chi connectivity index (χ1) is 9.29. The van der Waals surface area contributed by atoms with Gasteiger partial charge < -0.3 is 5.32 Å². The number of nitrogens with zero attached hydrogens (tertiary/aromatic N) is 1. The van der Waals surface area contributed by atoms with Gasteiger partial charge in [-0.2, -0.15) is 5.26 Å². The lowest BCUT2D eigenvalue weighted by atomic mass is 10.2. The summed E-state index contributed by atoms with van der Waals surface area (Å²) in [5.74, 6) is -0.401. The van der Waals surface area contributed by atoms with Crippen molar-refractivity contribution >= 4 is 11.8 Å². The smallest absolute Gasteiger partial charge is 0.124 e. The highest BCUT2D eigenvalue weighted by atomic mass is 19.1. The second kappa shape index (κ2) is 6.36. The number of nitrogens with one attached hydrogen (secondary N) is 1. The maximum atomic E-state index is 13.0. The van der Waals surface area contributed by atoms with E-state index in [0.29, 0.717) is 17.8 Å². The van der Waals surface area contributed by atoms with E-state index in [1.165, 1.54) is 12.1 Å². The van der Waals surface area contributed by atoms with Crippen LogP contribution in [-0.2, 0) is 0 Å². The molecular weight excluding hydrogens is 239 g/mol. The summed E-state index contributed by atoms with van der Waals surface area (Å²) >= 11 is 0. The number of rotatable bonds is 4. The van der Waals surface area contributed by atoms with Crippen LogP contribution in [0.15, 0.2) is 54.6 Å². The molecule has 0 bridgehead atoms. The molecule has 94 valence electrons. The van der Waals surface area contributed by atoms with Gasteiger partial charge in [-0.05, 0) is 23.8 Å². The number of hydrogen-bond donors (Lipinski definition) is 1. The van der Waals surface area contributed by atoms with Crippen LogP contribution in [0.5, 0.6) is 0 Å². The normalized spacial score (nSPS) is 10.3. The average Bonchev–Trinajstić information content (AvgIpc) is 2.46. The van der Waals surface area contributed by atoms with Crippen LogP contribution in [0.1, 0.15) is 11.1 Å². The molecule has 19 heavy (non-hydrogen) atoms. The van der Waals surface area contributed by atoms with E-state index in [1.807, 2.05) is 48.6 Å². The average molecular weight is 252 g/mol. The van der Waals surface area contributed by atoms with Gasteiger partial charge in [-0.3, -0.25) is 0 Å². The molecule has 0 spiro atoms. The van der Waals surface area contributed by atoms with Crippen LogP contribution >= 0.6 is 0 Å². The van der Waals surface area contributed by atoms with Crippen LogP contribution in [0.4, 0.5) is 10.1 Å². The number of anilines is 1.